The van der Waals surface area contributed by atoms with Gasteiger partial charge in [-0.3, -0.25) is 0 Å². The Hall–Kier alpha value is -1.60. The Bertz CT molecular complexity index is 508. The van der Waals surface area contributed by atoms with Crippen LogP contribution in [0.4, 0.5) is 10.5 Å². The van der Waals surface area contributed by atoms with Gasteiger partial charge in [0.2, 0.25) is 6.79 Å². The Morgan fingerprint density at radius 2 is 2.19 bits per heavy atom. The van der Waals surface area contributed by atoms with Crippen LogP contribution < -0.4 is 20.1 Å². The maximum atomic E-state index is 11.8. The van der Waals surface area contributed by atoms with Crippen LogP contribution in [0.2, 0.25) is 0 Å². The summed E-state index contributed by atoms with van der Waals surface area (Å²) in [7, 11) is 0. The zero-order chi connectivity index (χ0) is 15.3. The summed E-state index contributed by atoms with van der Waals surface area (Å²) in [4.78, 5) is 11.8. The molecule has 0 aromatic heterocycles. The molecule has 0 spiro atoms. The molecule has 1 aromatic rings. The summed E-state index contributed by atoms with van der Waals surface area (Å²) in [6.07, 6.45) is 2.61. The van der Waals surface area contributed by atoms with Crippen molar-refractivity contribution in [1.82, 2.24) is 5.32 Å². The van der Waals surface area contributed by atoms with Gasteiger partial charge in [-0.1, -0.05) is 0 Å². The van der Waals surface area contributed by atoms with E-state index in [-0.39, 0.29) is 19.4 Å². The van der Waals surface area contributed by atoms with Crippen molar-refractivity contribution >= 4 is 23.5 Å². The van der Waals surface area contributed by atoms with Gasteiger partial charge in [-0.05, 0) is 37.5 Å². The van der Waals surface area contributed by atoms with Gasteiger partial charge in [-0.2, -0.15) is 11.8 Å². The molecule has 1 heterocycles. The van der Waals surface area contributed by atoms with E-state index in [9.17, 15) is 9.90 Å². The normalized spacial score (nSPS) is 15.4. The molecule has 1 unspecified atom stereocenters. The van der Waals surface area contributed by atoms with E-state index in [2.05, 4.69) is 10.6 Å². The highest BCUT2D eigenvalue weighted by Gasteiger charge is 2.21. The number of thioether (sulfide) groups is 1. The summed E-state index contributed by atoms with van der Waals surface area (Å²) in [6, 6.07) is 4.82. The van der Waals surface area contributed by atoms with Gasteiger partial charge in [0.15, 0.2) is 11.5 Å². The number of amides is 2. The molecule has 0 saturated heterocycles. The molecule has 1 aliphatic rings. The van der Waals surface area contributed by atoms with Gasteiger partial charge in [-0.15, -0.1) is 0 Å². The smallest absolute Gasteiger partial charge is 0.319 e. The van der Waals surface area contributed by atoms with Crippen molar-refractivity contribution < 1.29 is 19.4 Å². The minimum atomic E-state index is -0.908. The third kappa shape index (κ3) is 4.71. The van der Waals surface area contributed by atoms with Crippen molar-refractivity contribution in [3.63, 3.8) is 0 Å². The number of aliphatic hydroxyl groups is 1. The lowest BCUT2D eigenvalue weighted by Gasteiger charge is -2.23. The molecule has 0 fully saturated rings. The van der Waals surface area contributed by atoms with E-state index in [0.29, 0.717) is 23.6 Å². The molecular weight excluding hydrogens is 292 g/mol. The van der Waals surface area contributed by atoms with Crippen molar-refractivity contribution in [2.75, 3.05) is 30.7 Å². The molecule has 21 heavy (non-hydrogen) atoms. The summed E-state index contributed by atoms with van der Waals surface area (Å²) in [6.45, 7) is 2.11. The first-order valence-corrected chi connectivity index (χ1v) is 8.05. The number of anilines is 1. The van der Waals surface area contributed by atoms with Crippen LogP contribution in [0.3, 0.4) is 0 Å². The first kappa shape index (κ1) is 15.8. The van der Waals surface area contributed by atoms with Gasteiger partial charge in [0.1, 0.15) is 0 Å². The molecular formula is C14H20N2O4S. The van der Waals surface area contributed by atoms with Crippen LogP contribution in [-0.2, 0) is 0 Å². The second-order valence-electron chi connectivity index (χ2n) is 5.12. The lowest BCUT2D eigenvalue weighted by atomic mass is 10.0. The molecule has 6 nitrogen and oxygen atoms in total. The number of fused-ring (bicyclic) bond motifs is 1. The zero-order valence-electron chi connectivity index (χ0n) is 12.1. The summed E-state index contributed by atoms with van der Waals surface area (Å²) in [5, 5.41) is 15.5. The maximum Gasteiger partial charge on any atom is 0.319 e. The summed E-state index contributed by atoms with van der Waals surface area (Å²) in [5.41, 5.74) is -0.296. The highest BCUT2D eigenvalue weighted by Crippen LogP contribution is 2.34. The van der Waals surface area contributed by atoms with Gasteiger partial charge in [0, 0.05) is 18.3 Å². The summed E-state index contributed by atoms with van der Waals surface area (Å²) < 4.78 is 10.4. The van der Waals surface area contributed by atoms with Crippen molar-refractivity contribution in [1.29, 1.82) is 0 Å². The Balaban J connectivity index is 1.82. The van der Waals surface area contributed by atoms with Crippen molar-refractivity contribution in [3.8, 4) is 11.5 Å². The van der Waals surface area contributed by atoms with E-state index in [1.165, 1.54) is 0 Å². The monoisotopic (exact) mass is 312 g/mol. The maximum absolute atomic E-state index is 11.8. The minimum Gasteiger partial charge on any atom is -0.454 e. The molecule has 1 aliphatic heterocycles. The number of hydrogen-bond acceptors (Lipinski definition) is 5. The molecule has 1 atom stereocenters. The van der Waals surface area contributed by atoms with Crippen LogP contribution in [-0.4, -0.2) is 42.1 Å². The zero-order valence-corrected chi connectivity index (χ0v) is 13.0. The second kappa shape index (κ2) is 6.91. The van der Waals surface area contributed by atoms with Gasteiger partial charge in [0.25, 0.3) is 0 Å². The summed E-state index contributed by atoms with van der Waals surface area (Å²) in [5.74, 6) is 2.12. The first-order valence-electron chi connectivity index (χ1n) is 6.66. The largest absolute Gasteiger partial charge is 0.454 e. The molecule has 2 amide bonds. The molecule has 0 saturated carbocycles. The van der Waals surface area contributed by atoms with Crippen molar-refractivity contribution in [2.45, 2.75) is 18.9 Å². The van der Waals surface area contributed by atoms with Gasteiger partial charge in [-0.25, -0.2) is 4.79 Å². The number of urea groups is 1. The fraction of sp³-hybridized carbons (Fsp3) is 0.500. The standard InChI is InChI=1S/C14H20N2O4S/c1-14(18,5-6-21-2)8-15-13(17)16-10-3-4-11-12(7-10)20-9-19-11/h3-4,7,18H,5-6,8-9H2,1-2H3,(H2,15,16,17). The van der Waals surface area contributed by atoms with Crippen LogP contribution in [0.15, 0.2) is 18.2 Å². The average Bonchev–Trinajstić information content (AvgIpc) is 2.91. The molecule has 3 N–H and O–H groups in total. The molecule has 116 valence electrons. The van der Waals surface area contributed by atoms with Gasteiger partial charge < -0.3 is 25.2 Å². The Morgan fingerprint density at radius 3 is 2.95 bits per heavy atom. The molecule has 7 heteroatoms. The number of ether oxygens (including phenoxy) is 2. The lowest BCUT2D eigenvalue weighted by Crippen LogP contribution is -2.42. The molecule has 0 bridgehead atoms. The third-order valence-corrected chi connectivity index (χ3v) is 3.72. The van der Waals surface area contributed by atoms with E-state index in [1.807, 2.05) is 6.26 Å². The number of carbonyl (C=O) groups is 1. The first-order chi connectivity index (χ1) is 10.00. The van der Waals surface area contributed by atoms with Gasteiger partial charge in [0.05, 0.1) is 5.60 Å². The third-order valence-electron chi connectivity index (χ3n) is 3.10. The minimum absolute atomic E-state index is 0.198. The number of rotatable bonds is 6. The van der Waals surface area contributed by atoms with Gasteiger partial charge >= 0.3 is 6.03 Å². The molecule has 2 rings (SSSR count). The van der Waals surface area contributed by atoms with Crippen LogP contribution in [0.1, 0.15) is 13.3 Å². The van der Waals surface area contributed by atoms with E-state index < -0.39 is 5.60 Å². The fourth-order valence-corrected chi connectivity index (χ4v) is 2.47. The van der Waals surface area contributed by atoms with E-state index in [0.717, 1.165) is 5.75 Å². The molecule has 0 radical (unpaired) electrons. The van der Waals surface area contributed by atoms with E-state index in [4.69, 9.17) is 9.47 Å². The van der Waals surface area contributed by atoms with Crippen LogP contribution >= 0.6 is 11.8 Å². The second-order valence-corrected chi connectivity index (χ2v) is 6.10. The van der Waals surface area contributed by atoms with Crippen molar-refractivity contribution in [3.05, 3.63) is 18.2 Å². The average molecular weight is 312 g/mol. The Kier molecular flexibility index (Phi) is 5.19. The Morgan fingerprint density at radius 1 is 1.43 bits per heavy atom. The van der Waals surface area contributed by atoms with Crippen LogP contribution in [0.5, 0.6) is 11.5 Å². The molecule has 1 aromatic carbocycles. The number of hydrogen-bond donors (Lipinski definition) is 3. The van der Waals surface area contributed by atoms with E-state index in [1.54, 1.807) is 36.9 Å². The Labute approximate surface area is 128 Å². The number of nitrogens with one attached hydrogen (secondary N) is 2. The SMILES string of the molecule is CSCCC(C)(O)CNC(=O)Nc1ccc2c(c1)OCO2. The topological polar surface area (TPSA) is 79.8 Å². The quantitative estimate of drug-likeness (QED) is 0.749. The highest BCUT2D eigenvalue weighted by atomic mass is 32.2. The van der Waals surface area contributed by atoms with Crippen LogP contribution in [0, 0.1) is 0 Å². The summed E-state index contributed by atoms with van der Waals surface area (Å²) >= 11 is 1.66. The predicted molar refractivity (Wildman–Crippen MR) is 83.2 cm³/mol. The van der Waals surface area contributed by atoms with Crippen LogP contribution in [0.25, 0.3) is 0 Å². The number of benzene rings is 1. The lowest BCUT2D eigenvalue weighted by molar-refractivity contribution is 0.0599. The molecule has 0 aliphatic carbocycles. The van der Waals surface area contributed by atoms with Crippen molar-refractivity contribution in [2.24, 2.45) is 0 Å². The van der Waals surface area contributed by atoms with E-state index >= 15 is 0 Å². The number of carbonyl (C=O) groups excluding carboxylic acids is 1. The predicted octanol–water partition coefficient (Wildman–Crippen LogP) is 2.04. The fourth-order valence-electron chi connectivity index (χ4n) is 1.83. The highest BCUT2D eigenvalue weighted by molar-refractivity contribution is 7.98.